The molecule has 1 saturated heterocycles. The SMILES string of the molecule is C=CC1C=CC(OCC[SiH](C)CCCC2(C3=CCCC=C3)C3=CC(N(C4=CC=C(C5=CCCC=C5)CC4)C4CC=C(C5=CC6C7CC(C8=CCC(C=C)C=C8)CC=C7N(C7=CCCC=C7)C6C=C5)CC4)=CCC3C3C=CC=CC32)=CC1. The Bertz CT molecular complexity index is 3140. The Morgan fingerprint density at radius 1 is 0.679 bits per heavy atom. The highest BCUT2D eigenvalue weighted by Gasteiger charge is 2.57. The molecule has 1 saturated carbocycles. The van der Waals surface area contributed by atoms with Crippen molar-refractivity contribution in [3.8, 4) is 0 Å². The average molecular weight is 1090 g/mol. The molecular formula is C77H90N2OSi. The number of ether oxygens (including phenoxy) is 1. The molecule has 12 unspecified atom stereocenters. The van der Waals surface area contributed by atoms with E-state index in [-0.39, 0.29) is 5.41 Å². The summed E-state index contributed by atoms with van der Waals surface area (Å²) in [5, 5.41) is 0. The maximum Gasteiger partial charge on any atom is 0.115 e. The molecular weight excluding hydrogens is 997 g/mol. The minimum absolute atomic E-state index is 0.000531. The quantitative estimate of drug-likeness (QED) is 0.100. The molecule has 0 spiro atoms. The van der Waals surface area contributed by atoms with Crippen LogP contribution >= 0.6 is 0 Å². The predicted molar refractivity (Wildman–Crippen MR) is 344 cm³/mol. The van der Waals surface area contributed by atoms with Crippen molar-refractivity contribution in [2.45, 2.75) is 146 Å². The van der Waals surface area contributed by atoms with Crippen LogP contribution in [0, 0.1) is 52.8 Å². The van der Waals surface area contributed by atoms with Crippen molar-refractivity contribution in [2.24, 2.45) is 52.8 Å². The number of hydrogen-bond donors (Lipinski definition) is 0. The number of hydrogen-bond acceptors (Lipinski definition) is 3. The van der Waals surface area contributed by atoms with Crippen LogP contribution in [0.5, 0.6) is 0 Å². The van der Waals surface area contributed by atoms with E-state index >= 15 is 0 Å². The van der Waals surface area contributed by atoms with E-state index in [1.165, 1.54) is 65.2 Å². The zero-order valence-corrected chi connectivity index (χ0v) is 49.9. The fraction of sp³-hybridized carbons (Fsp3) is 0.429. The monoisotopic (exact) mass is 1090 g/mol. The lowest BCUT2D eigenvalue weighted by molar-refractivity contribution is 0.238. The van der Waals surface area contributed by atoms with E-state index in [1.54, 1.807) is 28.0 Å². The van der Waals surface area contributed by atoms with E-state index in [4.69, 9.17) is 4.74 Å². The summed E-state index contributed by atoms with van der Waals surface area (Å²) in [6.07, 6.45) is 94.6. The first-order valence-electron chi connectivity index (χ1n) is 32.3. The van der Waals surface area contributed by atoms with Gasteiger partial charge in [0.2, 0.25) is 0 Å². The Balaban J connectivity index is 0.791. The lowest BCUT2D eigenvalue weighted by Gasteiger charge is -2.43. The van der Waals surface area contributed by atoms with E-state index in [9.17, 15) is 0 Å². The van der Waals surface area contributed by atoms with Crippen molar-refractivity contribution < 1.29 is 4.74 Å². The smallest absolute Gasteiger partial charge is 0.115 e. The van der Waals surface area contributed by atoms with Gasteiger partial charge in [-0.05, 0) is 215 Å². The van der Waals surface area contributed by atoms with Gasteiger partial charge >= 0.3 is 0 Å². The summed E-state index contributed by atoms with van der Waals surface area (Å²) in [5.41, 5.74) is 16.8. The van der Waals surface area contributed by atoms with Crippen LogP contribution in [0.3, 0.4) is 0 Å². The largest absolute Gasteiger partial charge is 0.494 e. The molecule has 13 aliphatic rings. The molecule has 0 aromatic rings. The molecule has 0 amide bonds. The molecule has 3 nitrogen and oxygen atoms in total. The lowest BCUT2D eigenvalue weighted by atomic mass is 9.63. The third-order valence-electron chi connectivity index (χ3n) is 21.3. The number of fused-ring (bicyclic) bond motifs is 6. The standard InChI is InChI=1S/C77H90N2OSi/c1-4-55-26-30-59(31-27-55)61-36-46-75-71(52-61)72-53-62(37-47-76(72)79(75)64-22-13-8-14-23-64)60-34-40-66(41-35-60)78(65-38-32-58(33-39-65)57-18-9-6-10-19-57)67-42-45-70-69-24-15-16-25-73(69)77(74(70)54-67,63-20-11-7-12-21-63)48-17-50-81(3)51-49-80-68-43-28-56(5-2)29-44-68/h4-5,9,11,13,15-16,18-26,28,30-32,34,37-38,42-44,46-47,53-56,61,66,69-73,76,81H,1-2,6-8,10,12,14,17,27,29,33,35-36,39-41,45,48-52H2,3H3. The van der Waals surface area contributed by atoms with Crippen LogP contribution in [0.15, 0.2) is 263 Å². The van der Waals surface area contributed by atoms with Gasteiger partial charge in [-0.15, -0.1) is 13.2 Å². The highest BCUT2D eigenvalue weighted by molar-refractivity contribution is 6.57. The van der Waals surface area contributed by atoms with Gasteiger partial charge in [0.1, 0.15) is 5.76 Å². The molecule has 1 heterocycles. The topological polar surface area (TPSA) is 15.7 Å². The van der Waals surface area contributed by atoms with Gasteiger partial charge in [-0.2, -0.15) is 0 Å². The Labute approximate surface area is 489 Å². The molecule has 0 aromatic carbocycles. The minimum Gasteiger partial charge on any atom is -0.494 e. The van der Waals surface area contributed by atoms with Crippen molar-refractivity contribution in [3.63, 3.8) is 0 Å². The second kappa shape index (κ2) is 24.4. The summed E-state index contributed by atoms with van der Waals surface area (Å²) in [5.74, 6) is 5.04. The molecule has 1 aliphatic heterocycles. The number of likely N-dealkylation sites (tertiary alicyclic amines) is 1. The summed E-state index contributed by atoms with van der Waals surface area (Å²) >= 11 is 0. The van der Waals surface area contributed by atoms with Gasteiger partial charge in [-0.3, -0.25) is 0 Å². The molecule has 13 rings (SSSR count). The van der Waals surface area contributed by atoms with Gasteiger partial charge in [0.25, 0.3) is 0 Å². The highest BCUT2D eigenvalue weighted by Crippen LogP contribution is 2.65. The van der Waals surface area contributed by atoms with Crippen LogP contribution in [-0.2, 0) is 4.74 Å². The molecule has 2 fully saturated rings. The molecule has 0 N–H and O–H groups in total. The zero-order valence-electron chi connectivity index (χ0n) is 48.7. The van der Waals surface area contributed by atoms with Crippen molar-refractivity contribution in [1.29, 1.82) is 0 Å². The summed E-state index contributed by atoms with van der Waals surface area (Å²) < 4.78 is 6.36. The molecule has 81 heavy (non-hydrogen) atoms. The second-order valence-electron chi connectivity index (χ2n) is 25.9. The third kappa shape index (κ3) is 10.9. The van der Waals surface area contributed by atoms with E-state index in [0.29, 0.717) is 59.4 Å². The van der Waals surface area contributed by atoms with Crippen molar-refractivity contribution in [2.75, 3.05) is 6.61 Å². The van der Waals surface area contributed by atoms with Gasteiger partial charge in [-0.1, -0.05) is 176 Å². The molecule has 12 aliphatic carbocycles. The molecule has 418 valence electrons. The van der Waals surface area contributed by atoms with Gasteiger partial charge in [0.05, 0.1) is 12.6 Å². The van der Waals surface area contributed by atoms with Crippen molar-refractivity contribution in [3.05, 3.63) is 263 Å². The van der Waals surface area contributed by atoms with E-state index in [1.807, 2.05) is 6.08 Å². The van der Waals surface area contributed by atoms with Gasteiger partial charge in [0, 0.05) is 54.9 Å². The molecule has 0 bridgehead atoms. The number of rotatable bonds is 18. The molecule has 12 atom stereocenters. The van der Waals surface area contributed by atoms with Crippen LogP contribution in [0.4, 0.5) is 0 Å². The van der Waals surface area contributed by atoms with Crippen LogP contribution in [0.2, 0.25) is 18.6 Å². The fourth-order valence-corrected chi connectivity index (χ4v) is 18.6. The summed E-state index contributed by atoms with van der Waals surface area (Å²) in [7, 11) is -0.988. The number of allylic oxidation sites excluding steroid dienone is 36. The highest BCUT2D eigenvalue weighted by atomic mass is 28.3. The Hall–Kier alpha value is -6.10. The van der Waals surface area contributed by atoms with Crippen LogP contribution < -0.4 is 0 Å². The fourth-order valence-electron chi connectivity index (χ4n) is 16.9. The summed E-state index contributed by atoms with van der Waals surface area (Å²) in [6.45, 7) is 11.5. The maximum atomic E-state index is 6.36. The Kier molecular flexibility index (Phi) is 16.3. The molecule has 0 radical (unpaired) electrons. The predicted octanol–water partition coefficient (Wildman–Crippen LogP) is 19.0. The summed E-state index contributed by atoms with van der Waals surface area (Å²) in [4.78, 5) is 5.64. The molecule has 0 aromatic heterocycles. The van der Waals surface area contributed by atoms with Crippen molar-refractivity contribution >= 4 is 8.80 Å². The average Bonchev–Trinajstić information content (AvgIpc) is 3.96. The van der Waals surface area contributed by atoms with E-state index in [0.717, 1.165) is 109 Å². The van der Waals surface area contributed by atoms with Crippen LogP contribution in [0.25, 0.3) is 0 Å². The van der Waals surface area contributed by atoms with Gasteiger partial charge in [0.15, 0.2) is 0 Å². The molecule has 4 heteroatoms. The van der Waals surface area contributed by atoms with Crippen molar-refractivity contribution in [1.82, 2.24) is 9.80 Å². The maximum absolute atomic E-state index is 6.36. The van der Waals surface area contributed by atoms with Gasteiger partial charge < -0.3 is 14.5 Å². The Morgan fingerprint density at radius 2 is 1.51 bits per heavy atom. The normalized spacial score (nSPS) is 33.8. The first kappa shape index (κ1) is 54.2. The summed E-state index contributed by atoms with van der Waals surface area (Å²) in [6, 6.07) is 3.36. The minimum atomic E-state index is -0.988. The first-order chi connectivity index (χ1) is 39.9. The van der Waals surface area contributed by atoms with Crippen LogP contribution in [0.1, 0.15) is 116 Å². The zero-order chi connectivity index (χ0) is 54.7. The lowest BCUT2D eigenvalue weighted by Crippen LogP contribution is -2.37. The first-order valence-corrected chi connectivity index (χ1v) is 35.0. The number of nitrogens with zero attached hydrogens (tertiary/aromatic N) is 2. The second-order valence-corrected chi connectivity index (χ2v) is 29.3. The van der Waals surface area contributed by atoms with Gasteiger partial charge in [-0.25, -0.2) is 0 Å². The van der Waals surface area contributed by atoms with E-state index in [2.05, 4.69) is 206 Å². The Morgan fingerprint density at radius 3 is 2.23 bits per heavy atom. The van der Waals surface area contributed by atoms with E-state index < -0.39 is 8.80 Å². The third-order valence-corrected chi connectivity index (χ3v) is 23.9. The van der Waals surface area contributed by atoms with Crippen LogP contribution in [-0.4, -0.2) is 37.3 Å².